The Labute approximate surface area is 170 Å². The fraction of sp³-hybridized carbons (Fsp3) is 0.111. The third-order valence-electron chi connectivity index (χ3n) is 3.14. The first-order chi connectivity index (χ1) is 14.2. The maximum absolute atomic E-state index is 10.6. The Kier molecular flexibility index (Phi) is 8.94. The second-order valence-corrected chi connectivity index (χ2v) is 5.40. The van der Waals surface area contributed by atoms with Crippen molar-refractivity contribution >= 4 is 47.5 Å². The molecule has 0 aromatic heterocycles. The van der Waals surface area contributed by atoms with Crippen LogP contribution in [0.3, 0.4) is 0 Å². The summed E-state index contributed by atoms with van der Waals surface area (Å²) in [5, 5.41) is 15.2. The summed E-state index contributed by atoms with van der Waals surface area (Å²) in [7, 11) is 0. The molecule has 4 N–H and O–H groups in total. The highest BCUT2D eigenvalue weighted by Gasteiger charge is 2.15. The summed E-state index contributed by atoms with van der Waals surface area (Å²) in [6.45, 7) is 2.48. The summed E-state index contributed by atoms with van der Waals surface area (Å²) in [6, 6.07) is 8.26. The summed E-state index contributed by atoms with van der Waals surface area (Å²) in [4.78, 5) is 51.5. The smallest absolute Gasteiger partial charge is 0.308 e. The Hall–Kier alpha value is -4.48. The van der Waals surface area contributed by atoms with Gasteiger partial charge in [-0.2, -0.15) is 0 Å². The minimum atomic E-state index is -0.682. The zero-order chi connectivity index (χ0) is 22.7. The van der Waals surface area contributed by atoms with Crippen LogP contribution in [0.25, 0.3) is 0 Å². The molecule has 0 radical (unpaired) electrons. The van der Waals surface area contributed by atoms with Crippen molar-refractivity contribution < 1.29 is 33.6 Å². The van der Waals surface area contributed by atoms with Gasteiger partial charge in [0.25, 0.3) is 5.69 Å². The number of nitrogen functional groups attached to an aromatic ring is 1. The Balaban J connectivity index is 0.000000303. The standard InChI is InChI=1S/C9H8N2O5.C9H10N2O3/c1-6(13)16-7-2-3-8(10-5-12)9(4-7)11(14)15;1-6(13)14-7-2-3-9(11-5-12)8(10)4-7/h2-5H,1H3,(H,10,12);2-5H,10H2,1H3,(H,11,12). The Morgan fingerprint density at radius 2 is 1.40 bits per heavy atom. The van der Waals surface area contributed by atoms with Gasteiger partial charge in [0.15, 0.2) is 0 Å². The number of amides is 2. The summed E-state index contributed by atoms with van der Waals surface area (Å²) < 4.78 is 9.47. The lowest BCUT2D eigenvalue weighted by molar-refractivity contribution is -0.384. The molecule has 2 amide bonds. The zero-order valence-corrected chi connectivity index (χ0v) is 15.9. The van der Waals surface area contributed by atoms with Crippen molar-refractivity contribution in [2.24, 2.45) is 0 Å². The van der Waals surface area contributed by atoms with Gasteiger partial charge in [-0.25, -0.2) is 0 Å². The van der Waals surface area contributed by atoms with E-state index in [0.717, 1.165) is 6.07 Å². The van der Waals surface area contributed by atoms with Crippen LogP contribution in [-0.4, -0.2) is 29.7 Å². The maximum Gasteiger partial charge on any atom is 0.308 e. The summed E-state index contributed by atoms with van der Waals surface area (Å²) >= 11 is 0. The monoisotopic (exact) mass is 418 g/mol. The number of nitrogens with zero attached hydrogens (tertiary/aromatic N) is 1. The number of rotatable bonds is 7. The molecule has 12 heteroatoms. The Bertz CT molecular complexity index is 961. The van der Waals surface area contributed by atoms with Gasteiger partial charge in [0.2, 0.25) is 12.8 Å². The molecule has 0 heterocycles. The van der Waals surface area contributed by atoms with Crippen molar-refractivity contribution in [1.82, 2.24) is 0 Å². The van der Waals surface area contributed by atoms with Crippen LogP contribution in [0.4, 0.5) is 22.7 Å². The molecule has 0 bridgehead atoms. The Morgan fingerprint density at radius 3 is 1.83 bits per heavy atom. The number of nitro groups is 1. The van der Waals surface area contributed by atoms with Crippen molar-refractivity contribution in [3.05, 3.63) is 46.5 Å². The normalized spacial score (nSPS) is 9.27. The molecule has 2 aromatic carbocycles. The van der Waals surface area contributed by atoms with E-state index in [9.17, 15) is 29.3 Å². The lowest BCUT2D eigenvalue weighted by Crippen LogP contribution is -2.03. The number of esters is 2. The van der Waals surface area contributed by atoms with Gasteiger partial charge in [0, 0.05) is 19.9 Å². The van der Waals surface area contributed by atoms with Gasteiger partial charge in [-0.05, 0) is 24.3 Å². The molecule has 0 spiro atoms. The van der Waals surface area contributed by atoms with Crippen LogP contribution in [0.2, 0.25) is 0 Å². The lowest BCUT2D eigenvalue weighted by Gasteiger charge is -2.06. The summed E-state index contributed by atoms with van der Waals surface area (Å²) in [5.41, 5.74) is 6.09. The molecule has 30 heavy (non-hydrogen) atoms. The van der Waals surface area contributed by atoms with E-state index in [0.29, 0.717) is 29.9 Å². The number of anilines is 3. The molecule has 0 aliphatic rings. The molecule has 2 aromatic rings. The van der Waals surface area contributed by atoms with Crippen molar-refractivity contribution in [3.8, 4) is 11.5 Å². The second kappa shape index (κ2) is 11.4. The molecule has 0 saturated heterocycles. The van der Waals surface area contributed by atoms with Gasteiger partial charge >= 0.3 is 11.9 Å². The number of nitrogens with one attached hydrogen (secondary N) is 2. The van der Waals surface area contributed by atoms with Gasteiger partial charge in [0.1, 0.15) is 17.2 Å². The predicted octanol–water partition coefficient (Wildman–Crippen LogP) is 1.85. The topological polar surface area (TPSA) is 180 Å². The van der Waals surface area contributed by atoms with Crippen molar-refractivity contribution in [2.45, 2.75) is 13.8 Å². The van der Waals surface area contributed by atoms with E-state index in [1.807, 2.05) is 0 Å². The van der Waals surface area contributed by atoms with E-state index in [4.69, 9.17) is 10.5 Å². The highest BCUT2D eigenvalue weighted by atomic mass is 16.6. The summed E-state index contributed by atoms with van der Waals surface area (Å²) in [5.74, 6) is -0.590. The minimum absolute atomic E-state index is 0.0379. The van der Waals surface area contributed by atoms with Crippen LogP contribution >= 0.6 is 0 Å². The molecular formula is C18H18N4O8. The van der Waals surface area contributed by atoms with E-state index >= 15 is 0 Å². The third kappa shape index (κ3) is 7.64. The predicted molar refractivity (Wildman–Crippen MR) is 106 cm³/mol. The van der Waals surface area contributed by atoms with Crippen LogP contribution in [0.15, 0.2) is 36.4 Å². The van der Waals surface area contributed by atoms with Crippen LogP contribution in [0, 0.1) is 10.1 Å². The number of nitro benzene ring substituents is 1. The van der Waals surface area contributed by atoms with Crippen molar-refractivity contribution in [3.63, 3.8) is 0 Å². The number of nitrogens with two attached hydrogens (primary N) is 1. The number of ether oxygens (including phenoxy) is 2. The van der Waals surface area contributed by atoms with Gasteiger partial charge in [-0.1, -0.05) is 0 Å². The highest BCUT2D eigenvalue weighted by Crippen LogP contribution is 2.28. The van der Waals surface area contributed by atoms with Gasteiger partial charge in [-0.3, -0.25) is 29.3 Å². The van der Waals surface area contributed by atoms with E-state index in [1.54, 1.807) is 12.1 Å². The van der Waals surface area contributed by atoms with Gasteiger partial charge < -0.3 is 25.8 Å². The molecule has 12 nitrogen and oxygen atoms in total. The first-order valence-corrected chi connectivity index (χ1v) is 8.13. The first kappa shape index (κ1) is 23.6. The van der Waals surface area contributed by atoms with Gasteiger partial charge in [0.05, 0.1) is 22.4 Å². The van der Waals surface area contributed by atoms with Crippen LogP contribution in [0.5, 0.6) is 11.5 Å². The summed E-state index contributed by atoms with van der Waals surface area (Å²) in [6.07, 6.45) is 0.852. The third-order valence-corrected chi connectivity index (χ3v) is 3.14. The number of carbonyl (C=O) groups is 4. The fourth-order valence-electron chi connectivity index (χ4n) is 2.04. The molecule has 0 atom stereocenters. The van der Waals surface area contributed by atoms with Crippen LogP contribution < -0.4 is 25.8 Å². The van der Waals surface area contributed by atoms with Crippen molar-refractivity contribution in [1.29, 1.82) is 0 Å². The van der Waals surface area contributed by atoms with E-state index in [2.05, 4.69) is 15.4 Å². The molecule has 0 aliphatic heterocycles. The van der Waals surface area contributed by atoms with Crippen LogP contribution in [0.1, 0.15) is 13.8 Å². The number of benzene rings is 2. The molecular weight excluding hydrogens is 400 g/mol. The molecule has 158 valence electrons. The van der Waals surface area contributed by atoms with Crippen LogP contribution in [-0.2, 0) is 19.2 Å². The SMILES string of the molecule is CC(=O)Oc1ccc(NC=O)c(N)c1.CC(=O)Oc1ccc(NC=O)c([N+](=O)[O-])c1. The molecule has 0 aliphatic carbocycles. The zero-order valence-electron chi connectivity index (χ0n) is 15.9. The average molecular weight is 418 g/mol. The second-order valence-electron chi connectivity index (χ2n) is 5.40. The quantitative estimate of drug-likeness (QED) is 0.151. The fourth-order valence-corrected chi connectivity index (χ4v) is 2.04. The molecule has 0 unspecified atom stereocenters. The van der Waals surface area contributed by atoms with E-state index in [-0.39, 0.29) is 17.1 Å². The molecule has 2 rings (SSSR count). The van der Waals surface area contributed by atoms with Gasteiger partial charge in [-0.15, -0.1) is 0 Å². The molecule has 0 fully saturated rings. The number of hydrogen-bond donors (Lipinski definition) is 3. The van der Waals surface area contributed by atoms with Crippen molar-refractivity contribution in [2.75, 3.05) is 16.4 Å². The van der Waals surface area contributed by atoms with E-state index in [1.165, 1.54) is 32.0 Å². The molecule has 0 saturated carbocycles. The van der Waals surface area contributed by atoms with E-state index < -0.39 is 16.9 Å². The lowest BCUT2D eigenvalue weighted by atomic mass is 10.2. The Morgan fingerprint density at radius 1 is 0.933 bits per heavy atom. The average Bonchev–Trinajstić information content (AvgIpc) is 2.65. The first-order valence-electron chi connectivity index (χ1n) is 8.13. The minimum Gasteiger partial charge on any atom is -0.427 e. The highest BCUT2D eigenvalue weighted by molar-refractivity contribution is 5.81. The number of carbonyl (C=O) groups excluding carboxylic acids is 4. The largest absolute Gasteiger partial charge is 0.427 e. The number of hydrogen-bond acceptors (Lipinski definition) is 9. The maximum atomic E-state index is 10.6.